The molecule has 86 valence electrons. The summed E-state index contributed by atoms with van der Waals surface area (Å²) in [5.74, 6) is 0.618. The largest absolute Gasteiger partial charge is 0.389 e. The highest BCUT2D eigenvalue weighted by molar-refractivity contribution is 6.28. The number of hydrogen-bond acceptors (Lipinski definition) is 2. The molecular weight excluding hydrogens is 231 g/mol. The second-order valence-electron chi connectivity index (χ2n) is 3.24. The molecule has 0 radical (unpaired) electrons. The third kappa shape index (κ3) is 4.07. The number of unbranched alkanes of at least 4 members (excludes halogenated alkanes) is 1. The summed E-state index contributed by atoms with van der Waals surface area (Å²) in [6, 6.07) is 0. The van der Waals surface area contributed by atoms with Gasteiger partial charge in [0.15, 0.2) is 0 Å². The summed E-state index contributed by atoms with van der Waals surface area (Å²) in [6.45, 7) is 2.14. The van der Waals surface area contributed by atoms with Gasteiger partial charge in [-0.15, -0.1) is 10.2 Å². The Bertz CT molecular complexity index is 302. The monoisotopic (exact) mass is 241 g/mol. The maximum Gasteiger partial charge on any atom is 0.389 e. The third-order valence-electron chi connectivity index (χ3n) is 1.98. The van der Waals surface area contributed by atoms with Gasteiger partial charge in [0.25, 0.3) is 0 Å². The zero-order valence-corrected chi connectivity index (χ0v) is 8.94. The van der Waals surface area contributed by atoms with E-state index in [2.05, 4.69) is 10.2 Å². The first-order valence-corrected chi connectivity index (χ1v) is 4.90. The van der Waals surface area contributed by atoms with Crippen LogP contribution in [-0.2, 0) is 6.54 Å². The van der Waals surface area contributed by atoms with Crippen LogP contribution >= 0.6 is 11.6 Å². The summed E-state index contributed by atoms with van der Waals surface area (Å²) < 4.78 is 37.1. The first-order valence-electron chi connectivity index (χ1n) is 4.52. The number of rotatable bonds is 4. The predicted octanol–water partition coefficient (Wildman–Crippen LogP) is 2.97. The van der Waals surface area contributed by atoms with Crippen molar-refractivity contribution in [3.05, 3.63) is 11.1 Å². The van der Waals surface area contributed by atoms with Crippen LogP contribution in [0.2, 0.25) is 5.28 Å². The predicted molar refractivity (Wildman–Crippen MR) is 49.7 cm³/mol. The molecule has 0 spiro atoms. The minimum Gasteiger partial charge on any atom is -0.302 e. The maximum atomic E-state index is 11.8. The Balaban J connectivity index is 2.32. The molecule has 0 fully saturated rings. The molecule has 0 amide bonds. The van der Waals surface area contributed by atoms with E-state index in [9.17, 15) is 13.2 Å². The van der Waals surface area contributed by atoms with E-state index in [1.807, 2.05) is 0 Å². The Morgan fingerprint density at radius 1 is 1.27 bits per heavy atom. The highest BCUT2D eigenvalue weighted by Crippen LogP contribution is 2.22. The van der Waals surface area contributed by atoms with E-state index >= 15 is 0 Å². The molecular formula is C8H11ClF3N3. The van der Waals surface area contributed by atoms with E-state index in [-0.39, 0.29) is 11.7 Å². The first-order chi connectivity index (χ1) is 6.90. The van der Waals surface area contributed by atoms with Crippen molar-refractivity contribution in [2.24, 2.45) is 0 Å². The van der Waals surface area contributed by atoms with Crippen LogP contribution in [-0.4, -0.2) is 20.9 Å². The van der Waals surface area contributed by atoms with Crippen LogP contribution in [0.15, 0.2) is 0 Å². The lowest BCUT2D eigenvalue weighted by molar-refractivity contribution is -0.135. The summed E-state index contributed by atoms with van der Waals surface area (Å²) in [6.07, 6.45) is -4.33. The van der Waals surface area contributed by atoms with E-state index in [0.29, 0.717) is 18.8 Å². The Kier molecular flexibility index (Phi) is 3.96. The van der Waals surface area contributed by atoms with Crippen molar-refractivity contribution in [2.45, 2.75) is 38.9 Å². The van der Waals surface area contributed by atoms with Gasteiger partial charge in [-0.2, -0.15) is 13.2 Å². The van der Waals surface area contributed by atoms with E-state index in [0.717, 1.165) is 0 Å². The number of halogens is 4. The minimum atomic E-state index is -4.08. The smallest absolute Gasteiger partial charge is 0.302 e. The van der Waals surface area contributed by atoms with Gasteiger partial charge < -0.3 is 4.57 Å². The fourth-order valence-electron chi connectivity index (χ4n) is 1.20. The van der Waals surface area contributed by atoms with E-state index < -0.39 is 12.6 Å². The maximum absolute atomic E-state index is 11.8. The van der Waals surface area contributed by atoms with Crippen molar-refractivity contribution in [1.82, 2.24) is 14.8 Å². The Hall–Kier alpha value is -0.780. The zero-order valence-electron chi connectivity index (χ0n) is 8.18. The molecule has 0 unspecified atom stereocenters. The average Bonchev–Trinajstić information content (AvgIpc) is 2.40. The lowest BCUT2D eigenvalue weighted by Gasteiger charge is -2.07. The zero-order chi connectivity index (χ0) is 11.5. The highest BCUT2D eigenvalue weighted by atomic mass is 35.5. The highest BCUT2D eigenvalue weighted by Gasteiger charge is 2.25. The van der Waals surface area contributed by atoms with Gasteiger partial charge in [-0.3, -0.25) is 0 Å². The average molecular weight is 242 g/mol. The van der Waals surface area contributed by atoms with Crippen molar-refractivity contribution in [3.8, 4) is 0 Å². The van der Waals surface area contributed by atoms with Gasteiger partial charge in [0, 0.05) is 13.0 Å². The summed E-state index contributed by atoms with van der Waals surface area (Å²) in [7, 11) is 0. The SMILES string of the molecule is Cc1nnc(Cl)n1CCCCC(F)(F)F. The van der Waals surface area contributed by atoms with Crippen LogP contribution in [0.1, 0.15) is 25.1 Å². The van der Waals surface area contributed by atoms with Crippen LogP contribution < -0.4 is 0 Å². The van der Waals surface area contributed by atoms with E-state index in [1.165, 1.54) is 0 Å². The molecule has 15 heavy (non-hydrogen) atoms. The third-order valence-corrected chi connectivity index (χ3v) is 2.26. The van der Waals surface area contributed by atoms with Crippen molar-refractivity contribution >= 4 is 11.6 Å². The normalized spacial score (nSPS) is 12.1. The van der Waals surface area contributed by atoms with Crippen LogP contribution in [0, 0.1) is 6.92 Å². The van der Waals surface area contributed by atoms with Gasteiger partial charge in [-0.25, -0.2) is 0 Å². The van der Waals surface area contributed by atoms with Gasteiger partial charge in [0.1, 0.15) is 5.82 Å². The molecule has 0 aliphatic rings. The topological polar surface area (TPSA) is 30.7 Å². The number of hydrogen-bond donors (Lipinski definition) is 0. The molecule has 0 aromatic carbocycles. The lowest BCUT2D eigenvalue weighted by Crippen LogP contribution is -2.08. The summed E-state index contributed by atoms with van der Waals surface area (Å²) in [5.41, 5.74) is 0. The molecule has 7 heteroatoms. The number of nitrogens with zero attached hydrogens (tertiary/aromatic N) is 3. The molecule has 1 heterocycles. The van der Waals surface area contributed by atoms with E-state index in [1.54, 1.807) is 11.5 Å². The summed E-state index contributed by atoms with van der Waals surface area (Å²) in [4.78, 5) is 0. The molecule has 3 nitrogen and oxygen atoms in total. The van der Waals surface area contributed by atoms with Crippen LogP contribution in [0.3, 0.4) is 0 Å². The molecule has 0 bridgehead atoms. The van der Waals surface area contributed by atoms with Gasteiger partial charge in [-0.1, -0.05) is 0 Å². The molecule has 1 aromatic heterocycles. The molecule has 0 saturated carbocycles. The second-order valence-corrected chi connectivity index (χ2v) is 3.58. The second kappa shape index (κ2) is 4.83. The fourth-order valence-corrected chi connectivity index (χ4v) is 1.45. The molecule has 1 rings (SSSR count). The fraction of sp³-hybridized carbons (Fsp3) is 0.750. The van der Waals surface area contributed by atoms with E-state index in [4.69, 9.17) is 11.6 Å². The van der Waals surface area contributed by atoms with Crippen LogP contribution in [0.5, 0.6) is 0 Å². The minimum absolute atomic E-state index is 0.0947. The van der Waals surface area contributed by atoms with Crippen molar-refractivity contribution < 1.29 is 13.2 Å². The molecule has 0 saturated heterocycles. The van der Waals surface area contributed by atoms with Gasteiger partial charge in [0.05, 0.1) is 0 Å². The first kappa shape index (κ1) is 12.3. The standard InChI is InChI=1S/C8H11ClF3N3/c1-6-13-14-7(9)15(6)5-3-2-4-8(10,11)12/h2-5H2,1H3. The van der Waals surface area contributed by atoms with Crippen LogP contribution in [0.4, 0.5) is 13.2 Å². The lowest BCUT2D eigenvalue weighted by atomic mass is 10.2. The Morgan fingerprint density at radius 2 is 1.93 bits per heavy atom. The Labute approximate surface area is 90.2 Å². The molecule has 0 aliphatic carbocycles. The summed E-state index contributed by atoms with van der Waals surface area (Å²) >= 11 is 5.68. The Morgan fingerprint density at radius 3 is 2.40 bits per heavy atom. The molecule has 1 aromatic rings. The molecule has 0 aliphatic heterocycles. The van der Waals surface area contributed by atoms with Crippen molar-refractivity contribution in [1.29, 1.82) is 0 Å². The number of aromatic nitrogens is 3. The quantitative estimate of drug-likeness (QED) is 0.759. The van der Waals surface area contributed by atoms with Gasteiger partial charge >= 0.3 is 6.18 Å². The summed E-state index contributed by atoms with van der Waals surface area (Å²) in [5, 5.41) is 7.52. The van der Waals surface area contributed by atoms with Crippen molar-refractivity contribution in [2.75, 3.05) is 0 Å². The van der Waals surface area contributed by atoms with Gasteiger partial charge in [-0.05, 0) is 31.4 Å². The molecule has 0 atom stereocenters. The number of aryl methyl sites for hydroxylation is 1. The number of alkyl halides is 3. The van der Waals surface area contributed by atoms with Gasteiger partial charge in [0.2, 0.25) is 5.28 Å². The van der Waals surface area contributed by atoms with Crippen molar-refractivity contribution in [3.63, 3.8) is 0 Å². The van der Waals surface area contributed by atoms with Crippen LogP contribution in [0.25, 0.3) is 0 Å². The molecule has 0 N–H and O–H groups in total.